The van der Waals surface area contributed by atoms with Gasteiger partial charge in [0.1, 0.15) is 5.82 Å². The van der Waals surface area contributed by atoms with Gasteiger partial charge in [0.2, 0.25) is 0 Å². The van der Waals surface area contributed by atoms with Crippen molar-refractivity contribution in [1.29, 1.82) is 0 Å². The van der Waals surface area contributed by atoms with Crippen molar-refractivity contribution >= 4 is 5.91 Å². The maximum atomic E-state index is 12.6. The van der Waals surface area contributed by atoms with Crippen LogP contribution in [0.1, 0.15) is 34.3 Å². The van der Waals surface area contributed by atoms with Gasteiger partial charge in [-0.05, 0) is 18.9 Å². The van der Waals surface area contributed by atoms with E-state index in [9.17, 15) is 4.79 Å². The molecule has 26 heavy (non-hydrogen) atoms. The van der Waals surface area contributed by atoms with Crippen LogP contribution in [0.3, 0.4) is 0 Å². The van der Waals surface area contributed by atoms with Gasteiger partial charge >= 0.3 is 0 Å². The first kappa shape index (κ1) is 17.8. The molecular weight excluding hydrogens is 330 g/mol. The van der Waals surface area contributed by atoms with Crippen molar-refractivity contribution in [3.8, 4) is 0 Å². The molecule has 0 bridgehead atoms. The molecule has 1 aromatic carbocycles. The van der Waals surface area contributed by atoms with Crippen LogP contribution in [-0.4, -0.2) is 37.0 Å². The van der Waals surface area contributed by atoms with Gasteiger partial charge in [0.15, 0.2) is 5.69 Å². The summed E-state index contributed by atoms with van der Waals surface area (Å²) in [5.74, 6) is 0.706. The van der Waals surface area contributed by atoms with Gasteiger partial charge in [0.05, 0.1) is 18.8 Å². The second kappa shape index (κ2) is 8.39. The van der Waals surface area contributed by atoms with Gasteiger partial charge < -0.3 is 15.6 Å². The number of benzene rings is 1. The number of hydrogen-bond acceptors (Lipinski definition) is 5. The molecule has 8 nitrogen and oxygen atoms in total. The van der Waals surface area contributed by atoms with Crippen molar-refractivity contribution in [1.82, 2.24) is 29.9 Å². The number of nitrogens with one attached hydrogen (secondary N) is 1. The summed E-state index contributed by atoms with van der Waals surface area (Å²) in [4.78, 5) is 16.8. The minimum absolute atomic E-state index is 0.134. The smallest absolute Gasteiger partial charge is 0.273 e. The van der Waals surface area contributed by atoms with Crippen molar-refractivity contribution < 1.29 is 4.79 Å². The number of nitrogens with zero attached hydrogens (tertiary/aromatic N) is 5. The van der Waals surface area contributed by atoms with Gasteiger partial charge in [-0.3, -0.25) is 9.48 Å². The van der Waals surface area contributed by atoms with Gasteiger partial charge in [-0.1, -0.05) is 35.5 Å². The molecule has 1 atom stereocenters. The Morgan fingerprint density at radius 3 is 2.77 bits per heavy atom. The first-order chi connectivity index (χ1) is 12.7. The summed E-state index contributed by atoms with van der Waals surface area (Å²) in [5, 5.41) is 10.9. The monoisotopic (exact) mass is 353 g/mol. The molecule has 8 heteroatoms. The zero-order valence-electron chi connectivity index (χ0n) is 14.7. The molecule has 0 saturated heterocycles. The fourth-order valence-corrected chi connectivity index (χ4v) is 2.79. The average Bonchev–Trinajstić information content (AvgIpc) is 3.29. The molecule has 0 unspecified atom stereocenters. The average molecular weight is 353 g/mol. The van der Waals surface area contributed by atoms with Crippen molar-refractivity contribution in [3.05, 3.63) is 66.0 Å². The van der Waals surface area contributed by atoms with E-state index in [1.165, 1.54) is 0 Å². The predicted octanol–water partition coefficient (Wildman–Crippen LogP) is 1.30. The van der Waals surface area contributed by atoms with Crippen LogP contribution < -0.4 is 11.1 Å². The highest BCUT2D eigenvalue weighted by Gasteiger charge is 2.18. The number of amides is 1. The molecule has 0 aliphatic carbocycles. The Morgan fingerprint density at radius 2 is 2.08 bits per heavy atom. The SMILES string of the molecule is Cc1nccn1CC[C@H](NC(=O)c1cn(CCN)nn1)c1ccccc1. The quantitative estimate of drug-likeness (QED) is 0.635. The van der Waals surface area contributed by atoms with E-state index in [-0.39, 0.29) is 17.6 Å². The number of carbonyl (C=O) groups is 1. The second-order valence-corrected chi connectivity index (χ2v) is 6.05. The van der Waals surface area contributed by atoms with Crippen molar-refractivity contribution in [2.45, 2.75) is 32.5 Å². The first-order valence-corrected chi connectivity index (χ1v) is 8.61. The molecule has 136 valence electrons. The van der Waals surface area contributed by atoms with Gasteiger partial charge in [0.25, 0.3) is 5.91 Å². The Labute approximate surface area is 152 Å². The number of hydrogen-bond donors (Lipinski definition) is 2. The normalized spacial score (nSPS) is 12.1. The van der Waals surface area contributed by atoms with Gasteiger partial charge in [0, 0.05) is 25.5 Å². The summed E-state index contributed by atoms with van der Waals surface area (Å²) in [5.41, 5.74) is 6.84. The number of imidazole rings is 1. The van der Waals surface area contributed by atoms with E-state index in [2.05, 4.69) is 25.2 Å². The van der Waals surface area contributed by atoms with Crippen LogP contribution in [0.4, 0.5) is 0 Å². The highest BCUT2D eigenvalue weighted by atomic mass is 16.2. The van der Waals surface area contributed by atoms with Gasteiger partial charge in [-0.15, -0.1) is 5.10 Å². The van der Waals surface area contributed by atoms with Crippen LogP contribution in [0.25, 0.3) is 0 Å². The summed E-state index contributed by atoms with van der Waals surface area (Å²) in [6, 6.07) is 9.78. The molecule has 3 N–H and O–H groups in total. The molecule has 0 saturated carbocycles. The molecule has 2 aromatic heterocycles. The summed E-state index contributed by atoms with van der Waals surface area (Å²) < 4.78 is 3.64. The molecular formula is C18H23N7O. The summed E-state index contributed by atoms with van der Waals surface area (Å²) >= 11 is 0. The lowest BCUT2D eigenvalue weighted by Crippen LogP contribution is -2.29. The Balaban J connectivity index is 1.72. The van der Waals surface area contributed by atoms with Gasteiger partial charge in [-0.2, -0.15) is 0 Å². The molecule has 0 spiro atoms. The van der Waals surface area contributed by atoms with E-state index < -0.39 is 0 Å². The largest absolute Gasteiger partial charge is 0.344 e. The first-order valence-electron chi connectivity index (χ1n) is 8.61. The summed E-state index contributed by atoms with van der Waals surface area (Å²) in [6.45, 7) is 3.70. The van der Waals surface area contributed by atoms with Gasteiger partial charge in [-0.25, -0.2) is 4.98 Å². The van der Waals surface area contributed by atoms with Crippen molar-refractivity contribution in [3.63, 3.8) is 0 Å². The number of aromatic nitrogens is 5. The number of rotatable bonds is 8. The minimum atomic E-state index is -0.246. The van der Waals surface area contributed by atoms with Crippen LogP contribution in [0.5, 0.6) is 0 Å². The third-order valence-corrected chi connectivity index (χ3v) is 4.22. The van der Waals surface area contributed by atoms with Crippen molar-refractivity contribution in [2.24, 2.45) is 5.73 Å². The maximum Gasteiger partial charge on any atom is 0.273 e. The topological polar surface area (TPSA) is 104 Å². The highest BCUT2D eigenvalue weighted by Crippen LogP contribution is 2.18. The molecule has 2 heterocycles. The van der Waals surface area contributed by atoms with Crippen molar-refractivity contribution in [2.75, 3.05) is 6.54 Å². The number of carbonyl (C=O) groups excluding carboxylic acids is 1. The van der Waals surface area contributed by atoms with E-state index >= 15 is 0 Å². The van der Waals surface area contributed by atoms with E-state index in [4.69, 9.17) is 5.73 Å². The fourth-order valence-electron chi connectivity index (χ4n) is 2.79. The fraction of sp³-hybridized carbons (Fsp3) is 0.333. The zero-order chi connectivity index (χ0) is 18.4. The Morgan fingerprint density at radius 1 is 1.27 bits per heavy atom. The molecule has 3 rings (SSSR count). The van der Waals surface area contributed by atoms with Crippen LogP contribution in [0.15, 0.2) is 48.9 Å². The molecule has 0 aliphatic rings. The Kier molecular flexibility index (Phi) is 5.75. The molecule has 1 amide bonds. The van der Waals surface area contributed by atoms with Crippen LogP contribution >= 0.6 is 0 Å². The lowest BCUT2D eigenvalue weighted by Gasteiger charge is -2.19. The second-order valence-electron chi connectivity index (χ2n) is 6.05. The lowest BCUT2D eigenvalue weighted by molar-refractivity contribution is 0.0928. The Bertz CT molecular complexity index is 840. The standard InChI is InChI=1S/C18H23N7O/c1-14-20-9-12-24(14)10-7-16(15-5-3-2-4-6-15)21-18(26)17-13-25(11-8-19)23-22-17/h2-6,9,12-13,16H,7-8,10-11,19H2,1H3,(H,21,26)/t16-/m0/s1. The minimum Gasteiger partial charge on any atom is -0.344 e. The predicted molar refractivity (Wildman–Crippen MR) is 97.3 cm³/mol. The molecule has 0 radical (unpaired) electrons. The van der Waals surface area contributed by atoms with E-state index in [1.807, 2.05) is 43.5 Å². The highest BCUT2D eigenvalue weighted by molar-refractivity contribution is 5.92. The molecule has 0 aliphatic heterocycles. The van der Waals surface area contributed by atoms with Crippen LogP contribution in [0, 0.1) is 6.92 Å². The summed E-state index contributed by atoms with van der Waals surface area (Å²) in [7, 11) is 0. The van der Waals surface area contributed by atoms with E-state index in [0.29, 0.717) is 13.1 Å². The third kappa shape index (κ3) is 4.34. The van der Waals surface area contributed by atoms with Crippen LogP contribution in [-0.2, 0) is 13.1 Å². The van der Waals surface area contributed by atoms with Crippen LogP contribution in [0.2, 0.25) is 0 Å². The molecule has 0 fully saturated rings. The lowest BCUT2D eigenvalue weighted by atomic mass is 10.0. The number of aryl methyl sites for hydroxylation is 2. The Hall–Kier alpha value is -3.00. The summed E-state index contributed by atoms with van der Waals surface area (Å²) in [6.07, 6.45) is 6.08. The third-order valence-electron chi connectivity index (χ3n) is 4.22. The number of nitrogens with two attached hydrogens (primary N) is 1. The van der Waals surface area contributed by atoms with E-state index in [0.717, 1.165) is 24.4 Å². The maximum absolute atomic E-state index is 12.6. The molecule has 3 aromatic rings. The van der Waals surface area contributed by atoms with E-state index in [1.54, 1.807) is 17.1 Å². The zero-order valence-corrected chi connectivity index (χ0v) is 14.7.